The van der Waals surface area contributed by atoms with Gasteiger partial charge in [0.05, 0.1) is 0 Å². The van der Waals surface area contributed by atoms with Crippen molar-refractivity contribution in [3.8, 4) is 0 Å². The summed E-state index contributed by atoms with van der Waals surface area (Å²) in [6.45, 7) is 6.60. The van der Waals surface area contributed by atoms with Gasteiger partial charge in [0.15, 0.2) is 5.16 Å². The minimum absolute atomic E-state index is 0.0848. The Balaban J connectivity index is 2.49. The first kappa shape index (κ1) is 13.0. The fourth-order valence-corrected chi connectivity index (χ4v) is 1.94. The smallest absolute Gasteiger partial charge is 0.286 e. The Hall–Kier alpha value is -1.10. The Bertz CT molecular complexity index is 348. The van der Waals surface area contributed by atoms with Crippen LogP contribution >= 0.6 is 11.8 Å². The van der Waals surface area contributed by atoms with Crippen molar-refractivity contribution in [3.63, 3.8) is 0 Å². The van der Waals surface area contributed by atoms with Crippen molar-refractivity contribution in [2.45, 2.75) is 38.8 Å². The summed E-state index contributed by atoms with van der Waals surface area (Å²) in [6, 6.07) is 1.89. The summed E-state index contributed by atoms with van der Waals surface area (Å²) < 4.78 is 0. The third-order valence-corrected chi connectivity index (χ3v) is 2.64. The molecule has 0 atom stereocenters. The maximum atomic E-state index is 11.5. The first-order valence-corrected chi connectivity index (χ1v) is 6.21. The van der Waals surface area contributed by atoms with E-state index < -0.39 is 0 Å². The number of carbonyl (C=O) groups is 1. The molecule has 1 amide bonds. The first-order valence-electron chi connectivity index (χ1n) is 5.39. The van der Waals surface area contributed by atoms with Crippen LogP contribution in [0.4, 0.5) is 4.79 Å². The van der Waals surface area contributed by atoms with Crippen LogP contribution in [-0.2, 0) is 0 Å². The van der Waals surface area contributed by atoms with Crippen LogP contribution in [0.5, 0.6) is 0 Å². The molecule has 1 rings (SSSR count). The standard InChI is InChI=1S/C11H17N3OS/c1-4-5-6-12-11(15)16-10-13-8(2)7-9(3)14-10/h7H,4-6H2,1-3H3,(H,12,15). The van der Waals surface area contributed by atoms with Gasteiger partial charge in [-0.25, -0.2) is 9.97 Å². The predicted octanol–water partition coefficient (Wildman–Crippen LogP) is 2.70. The highest BCUT2D eigenvalue weighted by atomic mass is 32.2. The quantitative estimate of drug-likeness (QED) is 0.498. The van der Waals surface area contributed by atoms with E-state index in [0.717, 1.165) is 36.0 Å². The molecule has 0 saturated carbocycles. The van der Waals surface area contributed by atoms with Gasteiger partial charge in [-0.3, -0.25) is 4.79 Å². The fourth-order valence-electron chi connectivity index (χ4n) is 1.23. The van der Waals surface area contributed by atoms with E-state index in [-0.39, 0.29) is 5.24 Å². The van der Waals surface area contributed by atoms with Gasteiger partial charge in [-0.2, -0.15) is 0 Å². The zero-order chi connectivity index (χ0) is 12.0. The largest absolute Gasteiger partial charge is 0.347 e. The molecule has 0 fully saturated rings. The van der Waals surface area contributed by atoms with Crippen molar-refractivity contribution in [1.82, 2.24) is 15.3 Å². The van der Waals surface area contributed by atoms with E-state index in [1.165, 1.54) is 0 Å². The van der Waals surface area contributed by atoms with Crippen LogP contribution in [0, 0.1) is 13.8 Å². The molecule has 0 aliphatic heterocycles. The lowest BCUT2D eigenvalue weighted by molar-refractivity contribution is 0.260. The molecule has 0 bridgehead atoms. The lowest BCUT2D eigenvalue weighted by Crippen LogP contribution is -2.19. The maximum absolute atomic E-state index is 11.5. The number of aryl methyl sites for hydroxylation is 2. The highest BCUT2D eigenvalue weighted by molar-refractivity contribution is 8.13. The molecule has 1 heterocycles. The normalized spacial score (nSPS) is 10.2. The van der Waals surface area contributed by atoms with Crippen molar-refractivity contribution < 1.29 is 4.79 Å². The summed E-state index contributed by atoms with van der Waals surface area (Å²) in [4.78, 5) is 19.9. The summed E-state index contributed by atoms with van der Waals surface area (Å²) in [5.74, 6) is 0. The Morgan fingerprint density at radius 2 is 2.00 bits per heavy atom. The molecule has 5 heteroatoms. The van der Waals surface area contributed by atoms with E-state index in [9.17, 15) is 4.79 Å². The van der Waals surface area contributed by atoms with Crippen LogP contribution in [0.15, 0.2) is 11.2 Å². The highest BCUT2D eigenvalue weighted by Crippen LogP contribution is 2.14. The number of thioether (sulfide) groups is 1. The van der Waals surface area contributed by atoms with E-state index in [0.29, 0.717) is 11.7 Å². The number of carbonyl (C=O) groups excluding carboxylic acids is 1. The van der Waals surface area contributed by atoms with Crippen molar-refractivity contribution in [2.24, 2.45) is 0 Å². The topological polar surface area (TPSA) is 54.9 Å². The average Bonchev–Trinajstić information content (AvgIpc) is 2.16. The van der Waals surface area contributed by atoms with Gasteiger partial charge in [0.25, 0.3) is 5.24 Å². The molecule has 88 valence electrons. The van der Waals surface area contributed by atoms with Crippen molar-refractivity contribution in [1.29, 1.82) is 0 Å². The Morgan fingerprint density at radius 3 is 2.56 bits per heavy atom. The SMILES string of the molecule is CCCCNC(=O)Sc1nc(C)cc(C)n1. The molecular weight excluding hydrogens is 222 g/mol. The Kier molecular flexibility index (Phi) is 5.25. The van der Waals surface area contributed by atoms with Crippen LogP contribution in [0.1, 0.15) is 31.2 Å². The van der Waals surface area contributed by atoms with Crippen molar-refractivity contribution in [3.05, 3.63) is 17.5 Å². The van der Waals surface area contributed by atoms with Crippen LogP contribution in [0.2, 0.25) is 0 Å². The summed E-state index contributed by atoms with van der Waals surface area (Å²) in [5.41, 5.74) is 1.77. The lowest BCUT2D eigenvalue weighted by Gasteiger charge is -2.03. The summed E-state index contributed by atoms with van der Waals surface area (Å²) in [7, 11) is 0. The molecule has 1 N–H and O–H groups in total. The monoisotopic (exact) mass is 239 g/mol. The van der Waals surface area contributed by atoms with Gasteiger partial charge < -0.3 is 5.32 Å². The molecular formula is C11H17N3OS. The first-order chi connectivity index (χ1) is 7.61. The number of unbranched alkanes of at least 4 members (excludes halogenated alkanes) is 1. The van der Waals surface area contributed by atoms with Gasteiger partial charge in [0.1, 0.15) is 0 Å². The lowest BCUT2D eigenvalue weighted by atomic mass is 10.3. The number of hydrogen-bond donors (Lipinski definition) is 1. The summed E-state index contributed by atoms with van der Waals surface area (Å²) in [6.07, 6.45) is 2.07. The summed E-state index contributed by atoms with van der Waals surface area (Å²) >= 11 is 1.05. The second-order valence-corrected chi connectivity index (χ2v) is 4.54. The van der Waals surface area contributed by atoms with E-state index >= 15 is 0 Å². The Morgan fingerprint density at radius 1 is 1.38 bits per heavy atom. The van der Waals surface area contributed by atoms with E-state index in [1.807, 2.05) is 19.9 Å². The zero-order valence-electron chi connectivity index (χ0n) is 9.91. The van der Waals surface area contributed by atoms with Gasteiger partial charge in [0, 0.05) is 29.7 Å². The fraction of sp³-hybridized carbons (Fsp3) is 0.545. The molecule has 0 aromatic carbocycles. The van der Waals surface area contributed by atoms with Crippen molar-refractivity contribution in [2.75, 3.05) is 6.54 Å². The summed E-state index contributed by atoms with van der Waals surface area (Å²) in [5, 5.41) is 3.25. The van der Waals surface area contributed by atoms with Crippen molar-refractivity contribution >= 4 is 17.0 Å². The molecule has 0 radical (unpaired) electrons. The Labute approximate surface area is 100 Å². The third kappa shape index (κ3) is 4.61. The van der Waals surface area contributed by atoms with Gasteiger partial charge >= 0.3 is 0 Å². The van der Waals surface area contributed by atoms with Gasteiger partial charge in [-0.05, 0) is 26.3 Å². The van der Waals surface area contributed by atoms with Gasteiger partial charge in [-0.15, -0.1) is 0 Å². The average molecular weight is 239 g/mol. The van der Waals surface area contributed by atoms with E-state index in [1.54, 1.807) is 0 Å². The number of amides is 1. The maximum Gasteiger partial charge on any atom is 0.286 e. The van der Waals surface area contributed by atoms with E-state index in [4.69, 9.17) is 0 Å². The van der Waals surface area contributed by atoms with Gasteiger partial charge in [-0.1, -0.05) is 13.3 Å². The number of nitrogens with one attached hydrogen (secondary N) is 1. The molecule has 0 aliphatic rings. The second kappa shape index (κ2) is 6.48. The van der Waals surface area contributed by atoms with Crippen LogP contribution in [-0.4, -0.2) is 21.8 Å². The predicted molar refractivity (Wildman–Crippen MR) is 65.7 cm³/mol. The van der Waals surface area contributed by atoms with Crippen LogP contribution in [0.25, 0.3) is 0 Å². The molecule has 0 saturated heterocycles. The van der Waals surface area contributed by atoms with Gasteiger partial charge in [0.2, 0.25) is 0 Å². The molecule has 0 aliphatic carbocycles. The number of rotatable bonds is 4. The molecule has 1 aromatic heterocycles. The number of hydrogen-bond acceptors (Lipinski definition) is 4. The van der Waals surface area contributed by atoms with E-state index in [2.05, 4.69) is 22.2 Å². The molecule has 4 nitrogen and oxygen atoms in total. The zero-order valence-corrected chi connectivity index (χ0v) is 10.7. The van der Waals surface area contributed by atoms with Crippen LogP contribution < -0.4 is 5.32 Å². The number of nitrogens with zero attached hydrogens (tertiary/aromatic N) is 2. The highest BCUT2D eigenvalue weighted by Gasteiger charge is 2.07. The number of aromatic nitrogens is 2. The second-order valence-electron chi connectivity index (χ2n) is 3.60. The molecule has 0 unspecified atom stereocenters. The molecule has 1 aromatic rings. The third-order valence-electron chi connectivity index (χ3n) is 1.95. The molecule has 0 spiro atoms. The minimum atomic E-state index is -0.0848. The van der Waals surface area contributed by atoms with Crippen LogP contribution in [0.3, 0.4) is 0 Å². The molecule has 16 heavy (non-hydrogen) atoms. The minimum Gasteiger partial charge on any atom is -0.347 e.